The molecule has 3 atom stereocenters. The van der Waals surface area contributed by atoms with Crippen LogP contribution in [0.2, 0.25) is 0 Å². The van der Waals surface area contributed by atoms with Gasteiger partial charge in [-0.2, -0.15) is 0 Å². The van der Waals surface area contributed by atoms with E-state index in [2.05, 4.69) is 12.2 Å². The van der Waals surface area contributed by atoms with Crippen LogP contribution in [0.5, 0.6) is 0 Å². The van der Waals surface area contributed by atoms with Crippen molar-refractivity contribution in [1.82, 2.24) is 5.32 Å². The minimum absolute atomic E-state index is 0.330. The molecule has 0 radical (unpaired) electrons. The highest BCUT2D eigenvalue weighted by Gasteiger charge is 2.20. The quantitative estimate of drug-likeness (QED) is 0.819. The molecule has 16 heavy (non-hydrogen) atoms. The van der Waals surface area contributed by atoms with E-state index in [1.54, 1.807) is 0 Å². The monoisotopic (exact) mass is 219 g/mol. The molecular formula is C14H21NO. The molecule has 0 amide bonds. The Balaban J connectivity index is 1.89. The zero-order chi connectivity index (χ0) is 11.4. The molecule has 1 saturated heterocycles. The van der Waals surface area contributed by atoms with E-state index >= 15 is 0 Å². The smallest absolute Gasteiger partial charge is 0.0804 e. The molecule has 1 fully saturated rings. The zero-order valence-corrected chi connectivity index (χ0v) is 9.89. The van der Waals surface area contributed by atoms with Crippen LogP contribution in [0.25, 0.3) is 0 Å². The molecule has 1 aliphatic heterocycles. The number of piperidine rings is 1. The summed E-state index contributed by atoms with van der Waals surface area (Å²) >= 11 is 0. The standard InChI is InChI=1S/C14H21NO/c1-11-6-5-9-13(15-11)10-14(16)12-7-3-2-4-8-12/h2-4,7-8,11,13-16H,5-6,9-10H2,1H3/t11-,13+,14+/m1/s1. The lowest BCUT2D eigenvalue weighted by Gasteiger charge is -2.30. The van der Waals surface area contributed by atoms with Gasteiger partial charge in [-0.1, -0.05) is 36.8 Å². The van der Waals surface area contributed by atoms with Crippen LogP contribution in [-0.2, 0) is 0 Å². The first kappa shape index (κ1) is 11.6. The molecule has 0 saturated carbocycles. The Hall–Kier alpha value is -0.860. The normalized spacial score (nSPS) is 27.6. The Morgan fingerprint density at radius 1 is 1.31 bits per heavy atom. The molecule has 0 aromatic heterocycles. The molecule has 1 aliphatic rings. The van der Waals surface area contributed by atoms with E-state index in [1.807, 2.05) is 30.3 Å². The summed E-state index contributed by atoms with van der Waals surface area (Å²) in [6.07, 6.45) is 4.23. The van der Waals surface area contributed by atoms with Crippen molar-refractivity contribution in [2.24, 2.45) is 0 Å². The van der Waals surface area contributed by atoms with Crippen molar-refractivity contribution in [2.75, 3.05) is 0 Å². The van der Waals surface area contributed by atoms with Crippen LogP contribution in [0.15, 0.2) is 30.3 Å². The van der Waals surface area contributed by atoms with E-state index < -0.39 is 0 Å². The summed E-state index contributed by atoms with van der Waals surface area (Å²) in [6.45, 7) is 2.22. The van der Waals surface area contributed by atoms with E-state index in [1.165, 1.54) is 19.3 Å². The fraction of sp³-hybridized carbons (Fsp3) is 0.571. The van der Waals surface area contributed by atoms with E-state index in [9.17, 15) is 5.11 Å². The van der Waals surface area contributed by atoms with Crippen molar-refractivity contribution in [3.8, 4) is 0 Å². The number of rotatable bonds is 3. The molecule has 88 valence electrons. The van der Waals surface area contributed by atoms with Gasteiger partial charge in [0, 0.05) is 12.1 Å². The molecule has 2 N–H and O–H groups in total. The summed E-state index contributed by atoms with van der Waals surface area (Å²) in [5, 5.41) is 13.7. The van der Waals surface area contributed by atoms with Crippen LogP contribution >= 0.6 is 0 Å². The van der Waals surface area contributed by atoms with Gasteiger partial charge in [0.2, 0.25) is 0 Å². The summed E-state index contributed by atoms with van der Waals surface area (Å²) in [7, 11) is 0. The number of aliphatic hydroxyl groups is 1. The molecule has 2 heteroatoms. The Kier molecular flexibility index (Phi) is 3.97. The van der Waals surface area contributed by atoms with Crippen molar-refractivity contribution in [2.45, 2.75) is 50.8 Å². The third-order valence-corrected chi connectivity index (χ3v) is 3.40. The molecule has 0 bridgehead atoms. The second-order valence-electron chi connectivity index (χ2n) is 4.86. The van der Waals surface area contributed by atoms with E-state index in [0.717, 1.165) is 12.0 Å². The third-order valence-electron chi connectivity index (χ3n) is 3.40. The molecule has 2 rings (SSSR count). The average molecular weight is 219 g/mol. The molecule has 0 unspecified atom stereocenters. The third kappa shape index (κ3) is 3.06. The molecule has 1 aromatic carbocycles. The topological polar surface area (TPSA) is 32.3 Å². The van der Waals surface area contributed by atoms with Crippen molar-refractivity contribution < 1.29 is 5.11 Å². The van der Waals surface area contributed by atoms with Gasteiger partial charge in [-0.25, -0.2) is 0 Å². The van der Waals surface area contributed by atoms with Gasteiger partial charge in [-0.3, -0.25) is 0 Å². The first-order valence-corrected chi connectivity index (χ1v) is 6.25. The number of hydrogen-bond acceptors (Lipinski definition) is 2. The van der Waals surface area contributed by atoms with Gasteiger partial charge in [-0.15, -0.1) is 0 Å². The van der Waals surface area contributed by atoms with Crippen molar-refractivity contribution in [1.29, 1.82) is 0 Å². The van der Waals surface area contributed by atoms with E-state index in [-0.39, 0.29) is 6.10 Å². The fourth-order valence-electron chi connectivity index (χ4n) is 2.51. The molecule has 1 aromatic rings. The Bertz CT molecular complexity index is 312. The predicted molar refractivity (Wildman–Crippen MR) is 66.3 cm³/mol. The zero-order valence-electron chi connectivity index (χ0n) is 9.89. The number of nitrogens with one attached hydrogen (secondary N) is 1. The summed E-state index contributed by atoms with van der Waals surface area (Å²) in [5.41, 5.74) is 1.03. The Morgan fingerprint density at radius 3 is 2.75 bits per heavy atom. The van der Waals surface area contributed by atoms with E-state index in [0.29, 0.717) is 12.1 Å². The highest BCUT2D eigenvalue weighted by molar-refractivity contribution is 5.17. The molecule has 2 nitrogen and oxygen atoms in total. The van der Waals surface area contributed by atoms with Crippen molar-refractivity contribution in [3.63, 3.8) is 0 Å². The predicted octanol–water partition coefficient (Wildman–Crippen LogP) is 2.64. The summed E-state index contributed by atoms with van der Waals surface area (Å²) in [4.78, 5) is 0. The Morgan fingerprint density at radius 2 is 2.06 bits per heavy atom. The minimum Gasteiger partial charge on any atom is -0.388 e. The Labute approximate surface area is 97.7 Å². The minimum atomic E-state index is -0.330. The maximum Gasteiger partial charge on any atom is 0.0804 e. The van der Waals surface area contributed by atoms with Gasteiger partial charge in [0.15, 0.2) is 0 Å². The van der Waals surface area contributed by atoms with Crippen molar-refractivity contribution >= 4 is 0 Å². The molecule has 0 aliphatic carbocycles. The maximum absolute atomic E-state index is 10.1. The number of hydrogen-bond donors (Lipinski definition) is 2. The first-order chi connectivity index (χ1) is 7.75. The van der Waals surface area contributed by atoms with Gasteiger partial charge in [0.25, 0.3) is 0 Å². The van der Waals surface area contributed by atoms with Crippen LogP contribution in [-0.4, -0.2) is 17.2 Å². The molecular weight excluding hydrogens is 198 g/mol. The van der Waals surface area contributed by atoms with Gasteiger partial charge in [-0.05, 0) is 31.7 Å². The van der Waals surface area contributed by atoms with Crippen molar-refractivity contribution in [3.05, 3.63) is 35.9 Å². The van der Waals surface area contributed by atoms with Crippen LogP contribution in [0, 0.1) is 0 Å². The summed E-state index contributed by atoms with van der Waals surface area (Å²) < 4.78 is 0. The van der Waals surface area contributed by atoms with Gasteiger partial charge >= 0.3 is 0 Å². The highest BCUT2D eigenvalue weighted by atomic mass is 16.3. The van der Waals surface area contributed by atoms with E-state index in [4.69, 9.17) is 0 Å². The summed E-state index contributed by atoms with van der Waals surface area (Å²) in [5.74, 6) is 0. The fourth-order valence-corrected chi connectivity index (χ4v) is 2.51. The SMILES string of the molecule is C[C@@H]1CCC[C@@H](C[C@H](O)c2ccccc2)N1. The van der Waals surface area contributed by atoms with Gasteiger partial charge in [0.1, 0.15) is 0 Å². The highest BCUT2D eigenvalue weighted by Crippen LogP contribution is 2.23. The van der Waals surface area contributed by atoms with Crippen LogP contribution in [0.4, 0.5) is 0 Å². The average Bonchev–Trinajstić information content (AvgIpc) is 2.30. The number of benzene rings is 1. The van der Waals surface area contributed by atoms with Gasteiger partial charge < -0.3 is 10.4 Å². The molecule has 1 heterocycles. The summed E-state index contributed by atoms with van der Waals surface area (Å²) in [6, 6.07) is 11.0. The van der Waals surface area contributed by atoms with Gasteiger partial charge in [0.05, 0.1) is 6.10 Å². The lowest BCUT2D eigenvalue weighted by Crippen LogP contribution is -2.41. The molecule has 0 spiro atoms. The largest absolute Gasteiger partial charge is 0.388 e. The second kappa shape index (κ2) is 5.46. The number of aliphatic hydroxyl groups excluding tert-OH is 1. The lowest BCUT2D eigenvalue weighted by atomic mass is 9.93. The van der Waals surface area contributed by atoms with Crippen LogP contribution < -0.4 is 5.32 Å². The van der Waals surface area contributed by atoms with Crippen LogP contribution in [0.3, 0.4) is 0 Å². The van der Waals surface area contributed by atoms with Crippen LogP contribution in [0.1, 0.15) is 44.3 Å². The second-order valence-corrected chi connectivity index (χ2v) is 4.86. The lowest BCUT2D eigenvalue weighted by molar-refractivity contribution is 0.139. The first-order valence-electron chi connectivity index (χ1n) is 6.25. The maximum atomic E-state index is 10.1.